The number of fused-ring (bicyclic) bond motifs is 1. The van der Waals surface area contributed by atoms with E-state index in [1.54, 1.807) is 0 Å². The van der Waals surface area contributed by atoms with E-state index in [4.69, 9.17) is 9.40 Å². The maximum absolute atomic E-state index is 13.2. The Morgan fingerprint density at radius 2 is 2.11 bits per heavy atom. The molecule has 5 rings (SSSR count). The number of nitrogens with zero attached hydrogens (tertiary/aromatic N) is 2. The molecule has 3 N–H and O–H groups in total. The lowest BCUT2D eigenvalue weighted by Gasteiger charge is -2.25. The first-order valence-corrected chi connectivity index (χ1v) is 9.51. The number of carbonyl (C=O) groups excluding carboxylic acids is 1. The van der Waals surface area contributed by atoms with E-state index < -0.39 is 0 Å². The van der Waals surface area contributed by atoms with Gasteiger partial charge in [0.1, 0.15) is 23.4 Å². The summed E-state index contributed by atoms with van der Waals surface area (Å²) in [5.74, 6) is 2.75. The normalized spacial score (nSPS) is 25.5. The van der Waals surface area contributed by atoms with Crippen LogP contribution in [0, 0.1) is 6.92 Å². The first-order chi connectivity index (χ1) is 13.2. The topological polar surface area (TPSA) is 86.2 Å². The molecule has 3 aromatic rings. The summed E-state index contributed by atoms with van der Waals surface area (Å²) in [6.07, 6.45) is 2.61. The van der Waals surface area contributed by atoms with Crippen molar-refractivity contribution in [2.45, 2.75) is 44.3 Å². The van der Waals surface area contributed by atoms with Crippen molar-refractivity contribution in [3.8, 4) is 0 Å². The lowest BCUT2D eigenvalue weighted by Crippen LogP contribution is -2.45. The number of benzene rings is 1. The third-order valence-electron chi connectivity index (χ3n) is 5.57. The third kappa shape index (κ3) is 2.93. The molecule has 1 aromatic carbocycles. The van der Waals surface area contributed by atoms with Gasteiger partial charge in [-0.2, -0.15) is 0 Å². The average molecular weight is 365 g/mol. The number of aromatic amines is 1. The predicted octanol–water partition coefficient (Wildman–Crippen LogP) is 2.74. The summed E-state index contributed by atoms with van der Waals surface area (Å²) in [5.41, 5.74) is 8.32. The second-order valence-corrected chi connectivity index (χ2v) is 7.41. The fourth-order valence-electron chi connectivity index (χ4n) is 4.19. The van der Waals surface area contributed by atoms with Crippen molar-refractivity contribution in [1.82, 2.24) is 25.7 Å². The molecule has 0 bridgehead atoms. The minimum Gasteiger partial charge on any atom is -0.465 e. The van der Waals surface area contributed by atoms with Crippen molar-refractivity contribution in [3.63, 3.8) is 0 Å². The molecule has 2 saturated heterocycles. The zero-order valence-electron chi connectivity index (χ0n) is 15.2. The van der Waals surface area contributed by atoms with Crippen molar-refractivity contribution in [2.75, 3.05) is 6.54 Å². The Hall–Kier alpha value is -2.64. The van der Waals surface area contributed by atoms with Crippen LogP contribution in [0.2, 0.25) is 0 Å². The molecule has 27 heavy (non-hydrogen) atoms. The number of imidazole rings is 1. The van der Waals surface area contributed by atoms with E-state index in [0.717, 1.165) is 47.8 Å². The van der Waals surface area contributed by atoms with Gasteiger partial charge >= 0.3 is 0 Å². The summed E-state index contributed by atoms with van der Waals surface area (Å²) in [7, 11) is 0. The van der Waals surface area contributed by atoms with Crippen molar-refractivity contribution >= 4 is 16.9 Å². The third-order valence-corrected chi connectivity index (χ3v) is 5.57. The van der Waals surface area contributed by atoms with Crippen LogP contribution >= 0.6 is 0 Å². The number of para-hydroxylation sites is 2. The van der Waals surface area contributed by atoms with Crippen molar-refractivity contribution in [1.29, 1.82) is 0 Å². The first-order valence-electron chi connectivity index (χ1n) is 9.51. The molecule has 0 saturated carbocycles. The fraction of sp³-hybridized carbons (Fsp3) is 0.400. The van der Waals surface area contributed by atoms with E-state index in [0.29, 0.717) is 6.42 Å². The van der Waals surface area contributed by atoms with E-state index in [1.807, 2.05) is 48.2 Å². The Balaban J connectivity index is 1.33. The molecule has 2 aliphatic rings. The molecule has 0 spiro atoms. The van der Waals surface area contributed by atoms with Gasteiger partial charge in [0.25, 0.3) is 0 Å². The highest BCUT2D eigenvalue weighted by molar-refractivity contribution is 5.83. The van der Waals surface area contributed by atoms with Gasteiger partial charge in [0.05, 0.1) is 23.1 Å². The van der Waals surface area contributed by atoms with Crippen LogP contribution in [-0.2, 0) is 4.79 Å². The van der Waals surface area contributed by atoms with Gasteiger partial charge in [-0.1, -0.05) is 12.1 Å². The fourth-order valence-corrected chi connectivity index (χ4v) is 4.19. The SMILES string of the molecule is Cc1ccc(C2CC(C(=O)N3CCCC3c3nc4ccccc4[nH]3)NN2)o1. The van der Waals surface area contributed by atoms with Crippen molar-refractivity contribution in [2.24, 2.45) is 0 Å². The minimum absolute atomic E-state index is 0.0107. The maximum Gasteiger partial charge on any atom is 0.241 e. The van der Waals surface area contributed by atoms with Crippen LogP contribution in [-0.4, -0.2) is 33.4 Å². The molecule has 2 aliphatic heterocycles. The number of furan rings is 1. The molecule has 7 nitrogen and oxygen atoms in total. The molecule has 2 fully saturated rings. The van der Waals surface area contributed by atoms with Crippen molar-refractivity contribution in [3.05, 3.63) is 53.7 Å². The molecule has 0 aliphatic carbocycles. The first kappa shape index (κ1) is 16.5. The van der Waals surface area contributed by atoms with E-state index in [1.165, 1.54) is 0 Å². The molecule has 3 atom stereocenters. The smallest absolute Gasteiger partial charge is 0.241 e. The van der Waals surface area contributed by atoms with Crippen molar-refractivity contribution < 1.29 is 9.21 Å². The van der Waals surface area contributed by atoms with Crippen LogP contribution in [0.1, 0.15) is 48.7 Å². The second-order valence-electron chi connectivity index (χ2n) is 7.41. The van der Waals surface area contributed by atoms with Gasteiger partial charge in [0.15, 0.2) is 0 Å². The summed E-state index contributed by atoms with van der Waals surface area (Å²) in [4.78, 5) is 23.3. The molecule has 7 heteroatoms. The summed E-state index contributed by atoms with van der Waals surface area (Å²) in [5, 5.41) is 0. The van der Waals surface area contributed by atoms with Gasteiger partial charge in [0, 0.05) is 6.54 Å². The number of hydrazine groups is 1. The molecule has 3 unspecified atom stereocenters. The van der Waals surface area contributed by atoms with Crippen LogP contribution in [0.4, 0.5) is 0 Å². The number of carbonyl (C=O) groups is 1. The van der Waals surface area contributed by atoms with Gasteiger partial charge in [-0.15, -0.1) is 0 Å². The number of hydrogen-bond acceptors (Lipinski definition) is 5. The van der Waals surface area contributed by atoms with E-state index in [-0.39, 0.29) is 24.0 Å². The van der Waals surface area contributed by atoms with Gasteiger partial charge < -0.3 is 14.3 Å². The summed E-state index contributed by atoms with van der Waals surface area (Å²) >= 11 is 0. The Morgan fingerprint density at radius 3 is 2.93 bits per heavy atom. The molecule has 4 heterocycles. The number of hydrogen-bond donors (Lipinski definition) is 3. The van der Waals surface area contributed by atoms with E-state index in [2.05, 4.69) is 15.8 Å². The minimum atomic E-state index is -0.259. The Morgan fingerprint density at radius 1 is 1.22 bits per heavy atom. The lowest BCUT2D eigenvalue weighted by atomic mass is 10.1. The molecule has 2 aromatic heterocycles. The Kier molecular flexibility index (Phi) is 3.98. The van der Waals surface area contributed by atoms with Crippen LogP contribution in [0.3, 0.4) is 0 Å². The van der Waals surface area contributed by atoms with Gasteiger partial charge in [0.2, 0.25) is 5.91 Å². The Labute approximate surface area is 157 Å². The van der Waals surface area contributed by atoms with Crippen LogP contribution in [0.25, 0.3) is 11.0 Å². The molecule has 1 amide bonds. The maximum atomic E-state index is 13.2. The number of likely N-dealkylation sites (tertiary alicyclic amines) is 1. The second kappa shape index (κ2) is 6.51. The number of H-pyrrole nitrogens is 1. The van der Waals surface area contributed by atoms with E-state index >= 15 is 0 Å². The highest BCUT2D eigenvalue weighted by Crippen LogP contribution is 2.33. The predicted molar refractivity (Wildman–Crippen MR) is 101 cm³/mol. The van der Waals surface area contributed by atoms with E-state index in [9.17, 15) is 4.79 Å². The number of aryl methyl sites for hydroxylation is 1. The summed E-state index contributed by atoms with van der Waals surface area (Å²) in [6.45, 7) is 2.69. The average Bonchev–Trinajstić information content (AvgIpc) is 3.44. The van der Waals surface area contributed by atoms with Crippen LogP contribution in [0.5, 0.6) is 0 Å². The molecule has 0 radical (unpaired) electrons. The highest BCUT2D eigenvalue weighted by atomic mass is 16.3. The van der Waals surface area contributed by atoms with Crippen LogP contribution in [0.15, 0.2) is 40.8 Å². The van der Waals surface area contributed by atoms with Crippen LogP contribution < -0.4 is 10.9 Å². The zero-order chi connectivity index (χ0) is 18.4. The molecule has 140 valence electrons. The largest absolute Gasteiger partial charge is 0.465 e. The van der Waals surface area contributed by atoms with Gasteiger partial charge in [-0.3, -0.25) is 4.79 Å². The quantitative estimate of drug-likeness (QED) is 0.664. The summed E-state index contributed by atoms with van der Waals surface area (Å²) in [6, 6.07) is 11.7. The number of rotatable bonds is 3. The van der Waals surface area contributed by atoms with Gasteiger partial charge in [-0.05, 0) is 50.5 Å². The monoisotopic (exact) mass is 365 g/mol. The molecular formula is C20H23N5O2. The zero-order valence-corrected chi connectivity index (χ0v) is 15.2. The highest BCUT2D eigenvalue weighted by Gasteiger charge is 2.39. The summed E-state index contributed by atoms with van der Waals surface area (Å²) < 4.78 is 5.70. The van der Waals surface area contributed by atoms with Gasteiger partial charge in [-0.25, -0.2) is 15.8 Å². The number of amides is 1. The number of aromatic nitrogens is 2. The Bertz CT molecular complexity index is 945. The number of nitrogens with one attached hydrogen (secondary N) is 3. The molecular weight excluding hydrogens is 342 g/mol. The standard InChI is InChI=1S/C20H23N5O2/c1-12-8-9-18(27-12)15-11-16(24-23-15)20(26)25-10-4-7-17(25)19-21-13-5-2-3-6-14(13)22-19/h2-3,5-6,8-9,15-17,23-24H,4,7,10-11H2,1H3,(H,21,22). The lowest BCUT2D eigenvalue weighted by molar-refractivity contribution is -0.134.